The van der Waals surface area contributed by atoms with Crippen LogP contribution < -0.4 is 5.32 Å². The number of hydrogen-bond acceptors (Lipinski definition) is 2. The number of amides is 1. The lowest BCUT2D eigenvalue weighted by molar-refractivity contribution is 0.0901. The van der Waals surface area contributed by atoms with Gasteiger partial charge in [0.1, 0.15) is 11.5 Å². The number of carbonyl (C=O) groups is 1. The Morgan fingerprint density at radius 3 is 2.65 bits per heavy atom. The Morgan fingerprint density at radius 1 is 1.27 bits per heavy atom. The van der Waals surface area contributed by atoms with Crippen molar-refractivity contribution in [2.75, 3.05) is 0 Å². The van der Waals surface area contributed by atoms with E-state index in [1.807, 2.05) is 63.7 Å². The second-order valence-electron chi connectivity index (χ2n) is 7.38. The molecule has 1 amide bonds. The van der Waals surface area contributed by atoms with Gasteiger partial charge >= 0.3 is 0 Å². The summed E-state index contributed by atoms with van der Waals surface area (Å²) in [6.45, 7) is 7.57. The van der Waals surface area contributed by atoms with E-state index in [1.165, 1.54) is 6.07 Å². The zero-order valence-electron chi connectivity index (χ0n) is 15.8. The average molecular weight is 353 g/mol. The summed E-state index contributed by atoms with van der Waals surface area (Å²) in [5, 5.41) is 3.98. The van der Waals surface area contributed by atoms with Crippen molar-refractivity contribution in [3.8, 4) is 0 Å². The van der Waals surface area contributed by atoms with Gasteiger partial charge in [0.2, 0.25) is 0 Å². The molecule has 1 N–H and O–H groups in total. The number of nitrogens with zero attached hydrogens (tertiary/aromatic N) is 2. The number of aryl methyl sites for hydroxylation is 2. The SMILES string of the molecule is Cc1nc2c(ccn2C)cc1C(=O)NC(C)(C)C(C)c1ccccc1F. The van der Waals surface area contributed by atoms with Crippen molar-refractivity contribution in [3.63, 3.8) is 0 Å². The first kappa shape index (κ1) is 18.1. The van der Waals surface area contributed by atoms with Crippen molar-refractivity contribution < 1.29 is 9.18 Å². The molecule has 0 saturated carbocycles. The van der Waals surface area contributed by atoms with Gasteiger partial charge in [0.05, 0.1) is 11.3 Å². The van der Waals surface area contributed by atoms with Crippen molar-refractivity contribution in [2.24, 2.45) is 7.05 Å². The standard InChI is InChI=1S/C21H24FN3O/c1-13(16-8-6-7-9-18(16)22)21(3,4)24-20(26)17-12-15-10-11-25(5)19(15)23-14(17)2/h6-13H,1-5H3,(H,24,26). The third-order valence-electron chi connectivity index (χ3n) is 5.17. The second-order valence-corrected chi connectivity index (χ2v) is 7.38. The maximum atomic E-state index is 14.1. The van der Waals surface area contributed by atoms with E-state index >= 15 is 0 Å². The molecule has 1 atom stereocenters. The minimum atomic E-state index is -0.628. The predicted molar refractivity (Wildman–Crippen MR) is 102 cm³/mol. The molecular formula is C21H24FN3O. The molecule has 0 aliphatic rings. The predicted octanol–water partition coefficient (Wildman–Crippen LogP) is 4.33. The van der Waals surface area contributed by atoms with Gasteiger partial charge in [-0.05, 0) is 44.5 Å². The lowest BCUT2D eigenvalue weighted by Crippen LogP contribution is -2.47. The fourth-order valence-electron chi connectivity index (χ4n) is 3.19. The van der Waals surface area contributed by atoms with Gasteiger partial charge in [-0.2, -0.15) is 0 Å². The van der Waals surface area contributed by atoms with Crippen LogP contribution in [0.4, 0.5) is 4.39 Å². The summed E-state index contributed by atoms with van der Waals surface area (Å²) in [7, 11) is 1.92. The van der Waals surface area contributed by atoms with Crippen LogP contribution in [0.1, 0.15) is 48.3 Å². The molecule has 2 heterocycles. The Balaban J connectivity index is 1.89. The molecule has 2 aromatic heterocycles. The minimum Gasteiger partial charge on any atom is -0.346 e. The molecule has 0 bridgehead atoms. The van der Waals surface area contributed by atoms with E-state index in [9.17, 15) is 9.18 Å². The van der Waals surface area contributed by atoms with E-state index in [1.54, 1.807) is 12.1 Å². The topological polar surface area (TPSA) is 46.9 Å². The van der Waals surface area contributed by atoms with Crippen molar-refractivity contribution in [2.45, 2.75) is 39.2 Å². The highest BCUT2D eigenvalue weighted by molar-refractivity contribution is 5.98. The molecule has 0 radical (unpaired) electrons. The van der Waals surface area contributed by atoms with Crippen LogP contribution in [0.2, 0.25) is 0 Å². The number of aromatic nitrogens is 2. The summed E-state index contributed by atoms with van der Waals surface area (Å²) in [5.74, 6) is -0.652. The highest BCUT2D eigenvalue weighted by Crippen LogP contribution is 2.30. The molecule has 4 nitrogen and oxygen atoms in total. The van der Waals surface area contributed by atoms with Crippen molar-refractivity contribution in [3.05, 3.63) is 65.2 Å². The number of nitrogens with one attached hydrogen (secondary N) is 1. The molecule has 1 unspecified atom stereocenters. The molecule has 3 aromatic rings. The third-order valence-corrected chi connectivity index (χ3v) is 5.17. The fraction of sp³-hybridized carbons (Fsp3) is 0.333. The summed E-state index contributed by atoms with van der Waals surface area (Å²) in [6.07, 6.45) is 1.92. The largest absolute Gasteiger partial charge is 0.346 e. The highest BCUT2D eigenvalue weighted by Gasteiger charge is 2.31. The zero-order valence-corrected chi connectivity index (χ0v) is 15.8. The van der Waals surface area contributed by atoms with E-state index in [0.29, 0.717) is 16.8 Å². The van der Waals surface area contributed by atoms with Crippen LogP contribution in [0.3, 0.4) is 0 Å². The molecule has 5 heteroatoms. The van der Waals surface area contributed by atoms with Gasteiger partial charge in [0, 0.05) is 30.1 Å². The zero-order chi connectivity index (χ0) is 19.1. The van der Waals surface area contributed by atoms with Crippen LogP contribution in [0.5, 0.6) is 0 Å². The number of benzene rings is 1. The van der Waals surface area contributed by atoms with E-state index in [4.69, 9.17) is 0 Å². The second kappa shape index (κ2) is 6.56. The maximum absolute atomic E-state index is 14.1. The summed E-state index contributed by atoms with van der Waals surface area (Å²) in [6, 6.07) is 10.5. The van der Waals surface area contributed by atoms with Crippen LogP contribution in [-0.2, 0) is 7.05 Å². The summed E-state index contributed by atoms with van der Waals surface area (Å²) < 4.78 is 16.1. The van der Waals surface area contributed by atoms with Crippen LogP contribution in [0.15, 0.2) is 42.6 Å². The van der Waals surface area contributed by atoms with Gasteiger partial charge in [0.25, 0.3) is 5.91 Å². The van der Waals surface area contributed by atoms with Gasteiger partial charge in [0.15, 0.2) is 0 Å². The smallest absolute Gasteiger partial charge is 0.253 e. The highest BCUT2D eigenvalue weighted by atomic mass is 19.1. The van der Waals surface area contributed by atoms with E-state index in [2.05, 4.69) is 10.3 Å². The van der Waals surface area contributed by atoms with Crippen LogP contribution >= 0.6 is 0 Å². The number of rotatable bonds is 4. The van der Waals surface area contributed by atoms with Gasteiger partial charge in [-0.15, -0.1) is 0 Å². The average Bonchev–Trinajstić information content (AvgIpc) is 2.94. The molecule has 0 fully saturated rings. The number of carbonyl (C=O) groups excluding carboxylic acids is 1. The number of pyridine rings is 1. The number of halogens is 1. The van der Waals surface area contributed by atoms with E-state index in [0.717, 1.165) is 11.0 Å². The van der Waals surface area contributed by atoms with Crippen molar-refractivity contribution in [1.29, 1.82) is 0 Å². The first-order chi connectivity index (χ1) is 12.2. The third kappa shape index (κ3) is 3.21. The Bertz CT molecular complexity index is 975. The molecule has 0 aliphatic heterocycles. The normalized spacial score (nSPS) is 13.0. The molecule has 26 heavy (non-hydrogen) atoms. The van der Waals surface area contributed by atoms with Crippen molar-refractivity contribution in [1.82, 2.24) is 14.9 Å². The lowest BCUT2D eigenvalue weighted by Gasteiger charge is -2.33. The summed E-state index contributed by atoms with van der Waals surface area (Å²) in [4.78, 5) is 17.4. The van der Waals surface area contributed by atoms with Crippen LogP contribution in [0.25, 0.3) is 11.0 Å². The maximum Gasteiger partial charge on any atom is 0.253 e. The summed E-state index contributed by atoms with van der Waals surface area (Å²) in [5.41, 5.74) is 2.02. The number of fused-ring (bicyclic) bond motifs is 1. The fourth-order valence-corrected chi connectivity index (χ4v) is 3.19. The molecule has 0 saturated heterocycles. The first-order valence-electron chi connectivity index (χ1n) is 8.70. The molecule has 0 aliphatic carbocycles. The quantitative estimate of drug-likeness (QED) is 0.759. The van der Waals surface area contributed by atoms with Crippen molar-refractivity contribution >= 4 is 16.9 Å². The van der Waals surface area contributed by atoms with Gasteiger partial charge in [-0.3, -0.25) is 4.79 Å². The van der Waals surface area contributed by atoms with Gasteiger partial charge in [-0.1, -0.05) is 25.1 Å². The minimum absolute atomic E-state index is 0.193. The molecule has 0 spiro atoms. The summed E-state index contributed by atoms with van der Waals surface area (Å²) >= 11 is 0. The number of hydrogen-bond donors (Lipinski definition) is 1. The molecule has 1 aromatic carbocycles. The van der Waals surface area contributed by atoms with Gasteiger partial charge < -0.3 is 9.88 Å². The Morgan fingerprint density at radius 2 is 1.96 bits per heavy atom. The van der Waals surface area contributed by atoms with Crippen LogP contribution in [0, 0.1) is 12.7 Å². The Labute approximate surface area is 153 Å². The molecular weight excluding hydrogens is 329 g/mol. The van der Waals surface area contributed by atoms with E-state index in [-0.39, 0.29) is 17.6 Å². The van der Waals surface area contributed by atoms with E-state index < -0.39 is 5.54 Å². The Kier molecular flexibility index (Phi) is 4.57. The molecule has 136 valence electrons. The first-order valence-corrected chi connectivity index (χ1v) is 8.70. The van der Waals surface area contributed by atoms with Crippen LogP contribution in [-0.4, -0.2) is 21.0 Å². The lowest BCUT2D eigenvalue weighted by atomic mass is 9.83. The Hall–Kier alpha value is -2.69. The van der Waals surface area contributed by atoms with Gasteiger partial charge in [-0.25, -0.2) is 9.37 Å². The molecule has 3 rings (SSSR count). The monoisotopic (exact) mass is 353 g/mol.